The average Bonchev–Trinajstić information content (AvgIpc) is 2.36. The van der Waals surface area contributed by atoms with Crippen LogP contribution in [0, 0.1) is 6.92 Å². The predicted octanol–water partition coefficient (Wildman–Crippen LogP) is 0.169. The Bertz CT molecular complexity index is 575. The van der Waals surface area contributed by atoms with Crippen molar-refractivity contribution in [2.24, 2.45) is 0 Å². The highest BCUT2D eigenvalue weighted by molar-refractivity contribution is 7.88. The lowest BCUT2D eigenvalue weighted by atomic mass is 10.1. The number of carbonyl (C=O) groups excluding carboxylic acids is 1. The molecule has 7 nitrogen and oxygen atoms in total. The summed E-state index contributed by atoms with van der Waals surface area (Å²) in [5.41, 5.74) is 2.04. The van der Waals surface area contributed by atoms with E-state index < -0.39 is 10.0 Å². The zero-order valence-electron chi connectivity index (χ0n) is 12.5. The Labute approximate surface area is 125 Å². The molecule has 1 rings (SSSR count). The number of aromatic nitrogens is 1. The second-order valence-corrected chi connectivity index (χ2v) is 6.77. The molecule has 1 aromatic rings. The van der Waals surface area contributed by atoms with Crippen LogP contribution in [-0.2, 0) is 16.4 Å². The quantitative estimate of drug-likeness (QED) is 0.625. The lowest BCUT2D eigenvalue weighted by Crippen LogP contribution is -2.44. The predicted molar refractivity (Wildman–Crippen MR) is 81.5 cm³/mol. The van der Waals surface area contributed by atoms with Crippen LogP contribution in [0.2, 0.25) is 0 Å². The number of nitrogens with zero attached hydrogens (tertiary/aromatic N) is 1. The van der Waals surface area contributed by atoms with Crippen molar-refractivity contribution in [1.82, 2.24) is 20.3 Å². The van der Waals surface area contributed by atoms with Gasteiger partial charge in [-0.15, -0.1) is 0 Å². The highest BCUT2D eigenvalue weighted by Crippen LogP contribution is 2.05. The summed E-state index contributed by atoms with van der Waals surface area (Å²) in [6.45, 7) is 4.27. The van der Waals surface area contributed by atoms with E-state index in [1.807, 2.05) is 26.0 Å². The fourth-order valence-electron chi connectivity index (χ4n) is 1.76. The van der Waals surface area contributed by atoms with Crippen LogP contribution in [0.1, 0.15) is 18.2 Å². The monoisotopic (exact) mass is 314 g/mol. The Balaban J connectivity index is 2.29. The van der Waals surface area contributed by atoms with Gasteiger partial charge in [-0.1, -0.05) is 6.07 Å². The van der Waals surface area contributed by atoms with Gasteiger partial charge in [0.15, 0.2) is 0 Å². The van der Waals surface area contributed by atoms with E-state index in [1.165, 1.54) is 0 Å². The molecule has 0 aliphatic rings. The molecule has 0 aromatic carbocycles. The molecular formula is C13H22N4O3S. The summed E-state index contributed by atoms with van der Waals surface area (Å²) in [7, 11) is -3.22. The molecule has 0 fully saturated rings. The summed E-state index contributed by atoms with van der Waals surface area (Å²) in [5.74, 6) is 0. The molecule has 0 radical (unpaired) electrons. The van der Waals surface area contributed by atoms with Gasteiger partial charge in [0.1, 0.15) is 0 Å². The van der Waals surface area contributed by atoms with Crippen molar-refractivity contribution in [1.29, 1.82) is 0 Å². The molecule has 3 N–H and O–H groups in total. The number of amides is 2. The highest BCUT2D eigenvalue weighted by atomic mass is 32.2. The minimum absolute atomic E-state index is 0.0681. The molecule has 0 bridgehead atoms. The minimum atomic E-state index is -3.22. The number of sulfonamides is 1. The number of nitrogens with one attached hydrogen (secondary N) is 3. The van der Waals surface area contributed by atoms with E-state index in [0.717, 1.165) is 17.5 Å². The fraction of sp³-hybridized carbons (Fsp3) is 0.538. The molecule has 118 valence electrons. The topological polar surface area (TPSA) is 100 Å². The van der Waals surface area contributed by atoms with Gasteiger partial charge < -0.3 is 10.6 Å². The van der Waals surface area contributed by atoms with E-state index in [4.69, 9.17) is 0 Å². The molecule has 21 heavy (non-hydrogen) atoms. The Kier molecular flexibility index (Phi) is 6.57. The summed E-state index contributed by atoms with van der Waals surface area (Å²) < 4.78 is 24.0. The van der Waals surface area contributed by atoms with Gasteiger partial charge in [0.25, 0.3) is 0 Å². The second kappa shape index (κ2) is 7.94. The molecule has 0 spiro atoms. The van der Waals surface area contributed by atoms with E-state index >= 15 is 0 Å². The normalized spacial score (nSPS) is 12.7. The lowest BCUT2D eigenvalue weighted by Gasteiger charge is -2.15. The zero-order chi connectivity index (χ0) is 15.9. The second-order valence-electron chi connectivity index (χ2n) is 4.94. The number of carbonyl (C=O) groups is 1. The van der Waals surface area contributed by atoms with Gasteiger partial charge in [-0.25, -0.2) is 17.9 Å². The van der Waals surface area contributed by atoms with Crippen LogP contribution in [0.5, 0.6) is 0 Å². The first kappa shape index (κ1) is 17.4. The maximum absolute atomic E-state index is 11.6. The van der Waals surface area contributed by atoms with Crippen LogP contribution in [0.3, 0.4) is 0 Å². The van der Waals surface area contributed by atoms with E-state index in [-0.39, 0.29) is 25.2 Å². The molecule has 8 heteroatoms. The number of aryl methyl sites for hydroxylation is 1. The van der Waals surface area contributed by atoms with Crippen molar-refractivity contribution >= 4 is 16.1 Å². The van der Waals surface area contributed by atoms with Crippen molar-refractivity contribution in [2.75, 3.05) is 19.3 Å². The molecule has 0 saturated carbocycles. The third-order valence-electron chi connectivity index (χ3n) is 2.77. The van der Waals surface area contributed by atoms with Crippen LogP contribution >= 0.6 is 0 Å². The van der Waals surface area contributed by atoms with Crippen LogP contribution in [0.15, 0.2) is 18.3 Å². The molecule has 0 aliphatic heterocycles. The largest absolute Gasteiger partial charge is 0.337 e. The third kappa shape index (κ3) is 7.62. The first-order valence-corrected chi connectivity index (χ1v) is 8.56. The molecule has 0 saturated heterocycles. The van der Waals surface area contributed by atoms with Gasteiger partial charge >= 0.3 is 6.03 Å². The molecule has 1 atom stereocenters. The summed E-state index contributed by atoms with van der Waals surface area (Å²) in [6, 6.07) is 3.46. The number of urea groups is 1. The van der Waals surface area contributed by atoms with Gasteiger partial charge in [-0.05, 0) is 25.5 Å². The highest BCUT2D eigenvalue weighted by Gasteiger charge is 2.10. The number of hydrogen-bond donors (Lipinski definition) is 3. The Morgan fingerprint density at radius 2 is 2.10 bits per heavy atom. The first-order valence-electron chi connectivity index (χ1n) is 6.67. The van der Waals surface area contributed by atoms with Gasteiger partial charge in [0, 0.05) is 37.4 Å². The molecule has 1 aromatic heterocycles. The van der Waals surface area contributed by atoms with E-state index in [2.05, 4.69) is 20.3 Å². The maximum atomic E-state index is 11.6. The van der Waals surface area contributed by atoms with Crippen molar-refractivity contribution in [2.45, 2.75) is 26.3 Å². The standard InChI is InChI=1S/C13H22N4O3S/c1-10-5-4-6-14-12(10)9-11(2)17-13(18)15-7-8-16-21(3,19)20/h4-6,11,16H,7-9H2,1-3H3,(H2,15,17,18). The number of pyridine rings is 1. The smallest absolute Gasteiger partial charge is 0.315 e. The van der Waals surface area contributed by atoms with E-state index in [1.54, 1.807) is 6.20 Å². The zero-order valence-corrected chi connectivity index (χ0v) is 13.3. The average molecular weight is 314 g/mol. The first-order chi connectivity index (χ1) is 9.78. The van der Waals surface area contributed by atoms with Crippen molar-refractivity contribution < 1.29 is 13.2 Å². The van der Waals surface area contributed by atoms with Gasteiger partial charge in [-0.2, -0.15) is 0 Å². The number of hydrogen-bond acceptors (Lipinski definition) is 4. The van der Waals surface area contributed by atoms with Crippen LogP contribution < -0.4 is 15.4 Å². The molecule has 1 heterocycles. The van der Waals surface area contributed by atoms with Crippen LogP contribution in [-0.4, -0.2) is 44.8 Å². The Hall–Kier alpha value is -1.67. The van der Waals surface area contributed by atoms with Crippen molar-refractivity contribution in [3.8, 4) is 0 Å². The maximum Gasteiger partial charge on any atom is 0.315 e. The summed E-state index contributed by atoms with van der Waals surface area (Å²) in [5, 5.41) is 5.38. The molecule has 0 aliphatic carbocycles. The lowest BCUT2D eigenvalue weighted by molar-refractivity contribution is 0.238. The van der Waals surface area contributed by atoms with Gasteiger partial charge in [0.2, 0.25) is 10.0 Å². The molecule has 2 amide bonds. The van der Waals surface area contributed by atoms with Gasteiger partial charge in [0.05, 0.1) is 6.26 Å². The molecular weight excluding hydrogens is 292 g/mol. The van der Waals surface area contributed by atoms with Gasteiger partial charge in [-0.3, -0.25) is 4.98 Å². The van der Waals surface area contributed by atoms with E-state index in [9.17, 15) is 13.2 Å². The molecule has 1 unspecified atom stereocenters. The van der Waals surface area contributed by atoms with Crippen LogP contribution in [0.4, 0.5) is 4.79 Å². The Morgan fingerprint density at radius 3 is 2.71 bits per heavy atom. The van der Waals surface area contributed by atoms with Crippen molar-refractivity contribution in [3.05, 3.63) is 29.6 Å². The SMILES string of the molecule is Cc1cccnc1CC(C)NC(=O)NCCNS(C)(=O)=O. The Morgan fingerprint density at radius 1 is 1.38 bits per heavy atom. The summed E-state index contributed by atoms with van der Waals surface area (Å²) in [4.78, 5) is 15.9. The fourth-order valence-corrected chi connectivity index (χ4v) is 2.23. The summed E-state index contributed by atoms with van der Waals surface area (Å²) >= 11 is 0. The van der Waals surface area contributed by atoms with Crippen molar-refractivity contribution in [3.63, 3.8) is 0 Å². The minimum Gasteiger partial charge on any atom is -0.337 e. The summed E-state index contributed by atoms with van der Waals surface area (Å²) in [6.07, 6.45) is 3.44. The van der Waals surface area contributed by atoms with E-state index in [0.29, 0.717) is 6.42 Å². The van der Waals surface area contributed by atoms with Crippen LogP contribution in [0.25, 0.3) is 0 Å². The number of rotatable bonds is 7. The third-order valence-corrected chi connectivity index (χ3v) is 3.50.